The Hall–Kier alpha value is -2.42. The van der Waals surface area contributed by atoms with E-state index in [0.29, 0.717) is 5.57 Å². The van der Waals surface area contributed by atoms with E-state index in [1.807, 2.05) is 0 Å². The summed E-state index contributed by atoms with van der Waals surface area (Å²) in [6.45, 7) is 3.55. The molecule has 31 heavy (non-hydrogen) atoms. The number of carboxylic acid groups (broad SMARTS) is 1. The lowest BCUT2D eigenvalue weighted by Gasteiger charge is -2.49. The number of carbonyl (C=O) groups excluding carboxylic acids is 2. The molecule has 1 fully saturated rings. The highest BCUT2D eigenvalue weighted by Gasteiger charge is 2.54. The monoisotopic (exact) mass is 489 g/mol. The number of rotatable bonds is 9. The highest BCUT2D eigenvalue weighted by molar-refractivity contribution is 8.00. The number of carbonyl (C=O) groups is 3. The summed E-state index contributed by atoms with van der Waals surface area (Å²) >= 11 is 2.15. The van der Waals surface area contributed by atoms with Crippen molar-refractivity contribution in [3.63, 3.8) is 0 Å². The van der Waals surface area contributed by atoms with Gasteiger partial charge in [-0.25, -0.2) is 15.3 Å². The molecule has 13 nitrogen and oxygen atoms in total. The Bertz CT molecular complexity index is 1040. The molecule has 1 aromatic heterocycles. The predicted molar refractivity (Wildman–Crippen MR) is 108 cm³/mol. The molecule has 1 aromatic rings. The molecule has 2 aliphatic rings. The van der Waals surface area contributed by atoms with Gasteiger partial charge in [0.2, 0.25) is 5.13 Å². The van der Waals surface area contributed by atoms with Gasteiger partial charge >= 0.3 is 13.6 Å². The van der Waals surface area contributed by atoms with Crippen LogP contribution in [-0.2, 0) is 23.7 Å². The average molecular weight is 489 g/mol. The number of hydrogen-bond acceptors (Lipinski definition) is 10. The number of aliphatic carboxylic acids is 1. The van der Waals surface area contributed by atoms with Gasteiger partial charge in [0.1, 0.15) is 23.5 Å². The molecule has 3 rings (SSSR count). The smallest absolute Gasteiger partial charge is 0.352 e. The molecular formula is C15H16N5O8PS2. The zero-order chi connectivity index (χ0) is 22.9. The SMILES string of the molecule is C=CC1=C(C(=O)O)N2C(=O)C(NC(=O)C(OCP(=O)(O)O)c3csc(N=N)n3)[C@H]2SC1. The minimum Gasteiger partial charge on any atom is -0.477 e. The van der Waals surface area contributed by atoms with E-state index in [1.165, 1.54) is 23.2 Å². The third-order valence-electron chi connectivity index (χ3n) is 4.27. The molecular weight excluding hydrogens is 473 g/mol. The Morgan fingerprint density at radius 3 is 2.81 bits per heavy atom. The molecule has 0 aliphatic carbocycles. The molecule has 0 spiro atoms. The third kappa shape index (κ3) is 4.76. The highest BCUT2D eigenvalue weighted by Crippen LogP contribution is 2.41. The van der Waals surface area contributed by atoms with Gasteiger partial charge in [-0.3, -0.25) is 19.1 Å². The molecule has 5 N–H and O–H groups in total. The van der Waals surface area contributed by atoms with Gasteiger partial charge in [-0.2, -0.15) is 0 Å². The number of thiazole rings is 1. The normalized spacial score (nSPS) is 21.7. The van der Waals surface area contributed by atoms with Crippen molar-refractivity contribution < 1.29 is 38.6 Å². The van der Waals surface area contributed by atoms with E-state index in [4.69, 9.17) is 20.1 Å². The van der Waals surface area contributed by atoms with Gasteiger partial charge in [-0.15, -0.1) is 28.2 Å². The van der Waals surface area contributed by atoms with Crippen LogP contribution in [0.2, 0.25) is 0 Å². The fourth-order valence-corrected chi connectivity index (χ4v) is 5.24. The third-order valence-corrected chi connectivity index (χ3v) is 6.81. The summed E-state index contributed by atoms with van der Waals surface area (Å²) in [5.74, 6) is -2.58. The van der Waals surface area contributed by atoms with Gasteiger partial charge < -0.3 is 24.9 Å². The lowest BCUT2D eigenvalue weighted by Crippen LogP contribution is -2.70. The Morgan fingerprint density at radius 1 is 1.55 bits per heavy atom. The second kappa shape index (κ2) is 8.98. The maximum absolute atomic E-state index is 12.8. The number of amides is 2. The van der Waals surface area contributed by atoms with E-state index in [2.05, 4.69) is 22.0 Å². The van der Waals surface area contributed by atoms with Crippen molar-refractivity contribution in [1.82, 2.24) is 15.2 Å². The van der Waals surface area contributed by atoms with E-state index in [1.54, 1.807) is 0 Å². The molecule has 0 bridgehead atoms. The number of nitrogens with one attached hydrogen (secondary N) is 2. The van der Waals surface area contributed by atoms with Crippen LogP contribution >= 0.6 is 30.7 Å². The number of ether oxygens (including phenoxy) is 1. The van der Waals surface area contributed by atoms with E-state index < -0.39 is 49.2 Å². The zero-order valence-electron chi connectivity index (χ0n) is 15.5. The molecule has 3 atom stereocenters. The second-order valence-corrected chi connectivity index (χ2v) is 9.82. The van der Waals surface area contributed by atoms with Crippen molar-refractivity contribution in [1.29, 1.82) is 5.53 Å². The van der Waals surface area contributed by atoms with Crippen LogP contribution in [0, 0.1) is 5.53 Å². The Kier molecular flexibility index (Phi) is 6.73. The fourth-order valence-electron chi connectivity index (χ4n) is 2.94. The quantitative estimate of drug-likeness (QED) is 0.188. The molecule has 0 radical (unpaired) electrons. The molecule has 0 saturated carbocycles. The number of carboxylic acids is 1. The molecule has 16 heteroatoms. The lowest BCUT2D eigenvalue weighted by molar-refractivity contribution is -0.152. The number of allylic oxidation sites excluding steroid dienone is 1. The average Bonchev–Trinajstić information content (AvgIpc) is 3.18. The van der Waals surface area contributed by atoms with Gasteiger partial charge in [0.15, 0.2) is 6.10 Å². The molecule has 3 heterocycles. The summed E-state index contributed by atoms with van der Waals surface area (Å²) in [5.41, 5.74) is 7.10. The van der Waals surface area contributed by atoms with E-state index in [0.717, 1.165) is 16.2 Å². The number of β-lactam (4-membered cyclic amide) rings is 1. The molecule has 0 aromatic carbocycles. The van der Waals surface area contributed by atoms with Crippen LogP contribution in [0.25, 0.3) is 0 Å². The largest absolute Gasteiger partial charge is 0.477 e. The topological polar surface area (TPSA) is 203 Å². The van der Waals surface area contributed by atoms with Gasteiger partial charge in [-0.1, -0.05) is 12.7 Å². The summed E-state index contributed by atoms with van der Waals surface area (Å²) in [5, 5.41) is 15.6. The van der Waals surface area contributed by atoms with Gasteiger partial charge in [0.05, 0.1) is 5.69 Å². The van der Waals surface area contributed by atoms with Crippen LogP contribution in [0.3, 0.4) is 0 Å². The van der Waals surface area contributed by atoms with Crippen LogP contribution in [-0.4, -0.2) is 66.1 Å². The minimum atomic E-state index is -4.62. The predicted octanol–water partition coefficient (Wildman–Crippen LogP) is 0.923. The second-order valence-electron chi connectivity index (χ2n) is 6.29. The number of fused-ring (bicyclic) bond motifs is 1. The summed E-state index contributed by atoms with van der Waals surface area (Å²) in [7, 11) is -4.62. The molecule has 166 valence electrons. The number of thioether (sulfide) groups is 1. The zero-order valence-corrected chi connectivity index (χ0v) is 18.0. The van der Waals surface area contributed by atoms with Crippen molar-refractivity contribution in [2.75, 3.05) is 12.1 Å². The lowest BCUT2D eigenvalue weighted by atomic mass is 10.0. The van der Waals surface area contributed by atoms with Crippen molar-refractivity contribution in [3.05, 3.63) is 35.0 Å². The Balaban J connectivity index is 1.79. The molecule has 1 saturated heterocycles. The van der Waals surface area contributed by atoms with Crippen LogP contribution in [0.4, 0.5) is 5.13 Å². The van der Waals surface area contributed by atoms with Crippen molar-refractivity contribution in [2.45, 2.75) is 17.5 Å². The van der Waals surface area contributed by atoms with Crippen LogP contribution in [0.5, 0.6) is 0 Å². The first-order chi connectivity index (χ1) is 14.6. The summed E-state index contributed by atoms with van der Waals surface area (Å²) < 4.78 is 16.2. The van der Waals surface area contributed by atoms with Crippen molar-refractivity contribution in [3.8, 4) is 0 Å². The summed E-state index contributed by atoms with van der Waals surface area (Å²) in [6, 6.07) is -1.07. The van der Waals surface area contributed by atoms with Crippen LogP contribution in [0.15, 0.2) is 34.4 Å². The first-order valence-corrected chi connectivity index (χ1v) is 12.1. The number of aromatic nitrogens is 1. The number of hydrogen-bond donors (Lipinski definition) is 5. The van der Waals surface area contributed by atoms with Crippen LogP contribution in [0.1, 0.15) is 11.8 Å². The number of nitrogens with zero attached hydrogens (tertiary/aromatic N) is 3. The highest BCUT2D eigenvalue weighted by atomic mass is 32.2. The van der Waals surface area contributed by atoms with Gasteiger partial charge in [0, 0.05) is 11.1 Å². The standard InChI is InChI=1S/C15H16N5O8PS2/c1-2-6-3-30-13-8(12(22)20(13)9(6)14(23)24)18-11(21)10(28-5-29(25,26)27)7-4-31-15(17-7)19-16/h2,4,8,10,13,16H,1,3,5H2,(H,18,21)(H,23,24)(H2,25,26,27)/t8?,10?,13-/m1/s1. The first kappa shape index (κ1) is 23.2. The van der Waals surface area contributed by atoms with E-state index in [-0.39, 0.29) is 22.3 Å². The maximum Gasteiger partial charge on any atom is 0.352 e. The first-order valence-electron chi connectivity index (χ1n) is 8.40. The van der Waals surface area contributed by atoms with Crippen molar-refractivity contribution >= 4 is 53.6 Å². The molecule has 2 amide bonds. The Morgan fingerprint density at radius 2 is 2.26 bits per heavy atom. The maximum atomic E-state index is 12.8. The van der Waals surface area contributed by atoms with Gasteiger partial charge in [-0.05, 0) is 5.57 Å². The summed E-state index contributed by atoms with van der Waals surface area (Å²) in [6.07, 6.45) is -1.30. The van der Waals surface area contributed by atoms with Crippen LogP contribution < -0.4 is 5.32 Å². The summed E-state index contributed by atoms with van der Waals surface area (Å²) in [4.78, 5) is 60.0. The molecule has 2 unspecified atom stereocenters. The van der Waals surface area contributed by atoms with Crippen molar-refractivity contribution in [2.24, 2.45) is 5.11 Å². The van der Waals surface area contributed by atoms with E-state index in [9.17, 15) is 24.1 Å². The van der Waals surface area contributed by atoms with Gasteiger partial charge in [0.25, 0.3) is 11.8 Å². The molecule has 2 aliphatic heterocycles. The Labute approximate surface area is 182 Å². The van der Waals surface area contributed by atoms with E-state index >= 15 is 0 Å². The minimum absolute atomic E-state index is 0.00509. The fraction of sp³-hybridized carbons (Fsp3) is 0.333.